The average molecular weight is 847 g/mol. The van der Waals surface area contributed by atoms with Gasteiger partial charge >= 0.3 is 0 Å². The van der Waals surface area contributed by atoms with E-state index in [4.69, 9.17) is 75.4 Å². The van der Waals surface area contributed by atoms with E-state index >= 15 is 0 Å². The Balaban J connectivity index is -0.00000000802. The van der Waals surface area contributed by atoms with Crippen molar-refractivity contribution in [1.82, 2.24) is 0 Å². The van der Waals surface area contributed by atoms with Crippen LogP contribution in [0.25, 0.3) is 0 Å². The predicted molar refractivity (Wildman–Crippen MR) is 175 cm³/mol. The Kier molecular flexibility index (Phi) is 2190. The normalized spacial score (nSPS) is 4.17. The lowest BCUT2D eigenvalue weighted by atomic mass is 10.3. The number of rotatable bonds is 0. The highest BCUT2D eigenvalue weighted by atomic mass is 16.5. The molecule has 0 radical (unpaired) electrons. The zero-order chi connectivity index (χ0) is 47.9. The first-order valence-electron chi connectivity index (χ1n) is 14.1. The molecule has 39 heteroatoms. The summed E-state index contributed by atoms with van der Waals surface area (Å²) in [6.07, 6.45) is 0. The lowest BCUT2D eigenvalue weighted by molar-refractivity contribution is -0.481. The molecular formula is C15H98B5N15O19. The van der Waals surface area contributed by atoms with Crippen LogP contribution in [0.5, 0.6) is 0 Å². The molecule has 0 unspecified atom stereocenters. The second-order valence-corrected chi connectivity index (χ2v) is 1.44. The molecular weight excluding hydrogens is 748 g/mol. The summed E-state index contributed by atoms with van der Waals surface area (Å²) in [5.74, 6) is 0. The summed E-state index contributed by atoms with van der Waals surface area (Å²) in [5, 5.41) is 126. The number of hydrogen-bond donors (Lipinski definition) is 15. The molecule has 0 amide bonds. The van der Waals surface area contributed by atoms with Gasteiger partial charge in [-0.2, -0.15) is 0 Å². The minimum absolute atomic E-state index is 0. The molecule has 0 rings (SSSR count). The first-order chi connectivity index (χ1) is 23.7. The molecule has 0 aliphatic rings. The van der Waals surface area contributed by atoms with Crippen LogP contribution >= 0.6 is 0 Å². The molecule has 0 bridgehead atoms. The summed E-state index contributed by atoms with van der Waals surface area (Å²) >= 11 is 0. The van der Waals surface area contributed by atoms with Crippen molar-refractivity contribution in [3.8, 4) is 0 Å². The zero-order valence-electron chi connectivity index (χ0n) is 36.6. The van der Waals surface area contributed by atoms with Gasteiger partial charge in [-0.15, -0.1) is 0 Å². The van der Waals surface area contributed by atoms with Crippen LogP contribution in [0, 0.1) is 0 Å². The lowest BCUT2D eigenvalue weighted by Gasteiger charge is -2.35. The molecule has 0 fully saturated rings. The summed E-state index contributed by atoms with van der Waals surface area (Å²) < 4.78 is 0. The molecule has 0 aromatic rings. The van der Waals surface area contributed by atoms with Gasteiger partial charge in [0.25, 0.3) is 0 Å². The van der Waals surface area contributed by atoms with E-state index in [0.717, 1.165) is 0 Å². The summed E-state index contributed by atoms with van der Waals surface area (Å²) in [6, 6.07) is 0. The number of hydrogen-bond acceptors (Lipinski definition) is 15. The van der Waals surface area contributed by atoms with Crippen molar-refractivity contribution in [2.75, 3.05) is 106 Å². The van der Waals surface area contributed by atoms with Crippen LogP contribution in [0.4, 0.5) is 0 Å². The Morgan fingerprint density at radius 2 is 0.148 bits per heavy atom. The van der Waals surface area contributed by atoms with Gasteiger partial charge in [-0.25, -0.2) is 0 Å². The molecule has 0 aliphatic carbocycles. The maximum absolute atomic E-state index is 8.42. The predicted octanol–water partition coefficient (Wildman–Crippen LogP) is -40.2. The van der Waals surface area contributed by atoms with Gasteiger partial charge in [0.2, 0.25) is 0 Å². The Morgan fingerprint density at radius 1 is 0.148 bits per heavy atom. The Morgan fingerprint density at radius 3 is 0.148 bits per heavy atom. The molecule has 54 heavy (non-hydrogen) atoms. The van der Waals surface area contributed by atoms with Crippen LogP contribution in [0.15, 0.2) is 0 Å². The van der Waals surface area contributed by atoms with Gasteiger partial charge in [0, 0.05) is 0 Å². The second-order valence-electron chi connectivity index (χ2n) is 1.44. The summed E-state index contributed by atoms with van der Waals surface area (Å²) in [7, 11) is 11.7. The van der Waals surface area contributed by atoms with E-state index in [0.29, 0.717) is 0 Å². The average Bonchev–Trinajstić information content (AvgIpc) is 3.16. The largest absolute Gasteiger partial charge is 0.907 e. The van der Waals surface area contributed by atoms with Crippen LogP contribution in [0.2, 0.25) is 0 Å². The van der Waals surface area contributed by atoms with E-state index in [2.05, 4.69) is 86.0 Å². The maximum atomic E-state index is 8.42. The molecule has 0 saturated heterocycles. The van der Waals surface area contributed by atoms with Crippen molar-refractivity contribution in [2.24, 2.45) is 0 Å². The van der Waals surface area contributed by atoms with Crippen LogP contribution < -0.4 is 161 Å². The van der Waals surface area contributed by atoms with Crippen molar-refractivity contribution in [3.05, 3.63) is 0 Å². The monoisotopic (exact) mass is 848 g/mol. The second kappa shape index (κ2) is 692. The molecule has 0 saturated carbocycles. The minimum atomic E-state index is -2.92. The summed E-state index contributed by atoms with van der Waals surface area (Å²) in [6.45, 7) is 0. The minimum Gasteiger partial charge on any atom is -0.907 e. The van der Waals surface area contributed by atoms with Crippen molar-refractivity contribution in [1.29, 1.82) is 0 Å². The van der Waals surface area contributed by atoms with E-state index in [1.807, 2.05) is 0 Å². The standard InChI is InChI=1S/15CH5N.5BO3.4H2O/c15*1-2;5*2-1(3)4;;;;/h15*2H2,1H3;;;;;;4*1H2/q;;;;;;;;;;;;;;;5*-3;;;;/p+15. The Labute approximate surface area is 326 Å². The van der Waals surface area contributed by atoms with Gasteiger partial charge in [-0.3, -0.25) is 36.6 Å². The van der Waals surface area contributed by atoms with Crippen molar-refractivity contribution in [3.63, 3.8) is 0 Å². The van der Waals surface area contributed by atoms with Crippen molar-refractivity contribution < 1.29 is 183 Å². The van der Waals surface area contributed by atoms with Gasteiger partial charge in [-0.1, -0.05) is 0 Å². The SMILES string of the molecule is C[NH3+].C[NH3+].C[NH3+].C[NH3+].C[NH3+].C[NH3+].C[NH3+].C[NH3+].C[NH3+].C[NH3+].C[NH3+].C[NH3+].C[NH3+].C[NH3+].C[NH3+].O.O.O.O.[O-]B([O-])[O-].[O-]B([O-])[O-].[O-]B([O-])[O-].[O-]B([O-])[O-].[O-]B([O-])[O-]. The first kappa shape index (κ1) is 170. The third-order valence-electron chi connectivity index (χ3n) is 0. The van der Waals surface area contributed by atoms with E-state index in [9.17, 15) is 0 Å². The zero-order valence-corrected chi connectivity index (χ0v) is 36.6. The summed E-state index contributed by atoms with van der Waals surface area (Å²) in [5.41, 5.74) is 48.8. The highest BCUT2D eigenvalue weighted by molar-refractivity contribution is 6.24. The van der Waals surface area contributed by atoms with Gasteiger partial charge in [0.05, 0.1) is 106 Å². The lowest BCUT2D eigenvalue weighted by Crippen LogP contribution is -2.56. The molecule has 0 aliphatic heterocycles. The van der Waals surface area contributed by atoms with Gasteiger partial charge in [-0.05, 0) is 0 Å². The van der Waals surface area contributed by atoms with Gasteiger partial charge < -0.3 is 183 Å². The van der Waals surface area contributed by atoms with Gasteiger partial charge in [0.15, 0.2) is 0 Å². The molecule has 0 aromatic carbocycles. The third-order valence-corrected chi connectivity index (χ3v) is 0. The van der Waals surface area contributed by atoms with E-state index in [-0.39, 0.29) is 21.9 Å². The smallest absolute Gasteiger partial charge is 0.0634 e. The third kappa shape index (κ3) is 119000. The molecule has 0 spiro atoms. The van der Waals surface area contributed by atoms with Crippen LogP contribution in [-0.2, 0) is 0 Å². The molecule has 362 valence electrons. The highest BCUT2D eigenvalue weighted by Crippen LogP contribution is 1.01. The fraction of sp³-hybridized carbons (Fsp3) is 1.00. The quantitative estimate of drug-likeness (QED) is 0.101. The molecule has 0 aromatic heterocycles. The summed E-state index contributed by atoms with van der Waals surface area (Å²) in [4.78, 5) is 0. The van der Waals surface area contributed by atoms with E-state index < -0.39 is 36.6 Å². The van der Waals surface area contributed by atoms with Crippen molar-refractivity contribution in [2.45, 2.75) is 0 Å². The van der Waals surface area contributed by atoms with E-state index in [1.54, 1.807) is 106 Å². The fourth-order valence-electron chi connectivity index (χ4n) is 0. The molecule has 34 nitrogen and oxygen atoms in total. The van der Waals surface area contributed by atoms with Crippen LogP contribution in [0.1, 0.15) is 0 Å². The molecule has 0 heterocycles. The Hall–Kier alpha value is -1.04. The van der Waals surface area contributed by atoms with Gasteiger partial charge in [0.1, 0.15) is 0 Å². The van der Waals surface area contributed by atoms with Crippen LogP contribution in [-0.4, -0.2) is 164 Å². The molecule has 53 N–H and O–H groups in total. The van der Waals surface area contributed by atoms with Crippen LogP contribution in [0.3, 0.4) is 0 Å². The van der Waals surface area contributed by atoms with Crippen molar-refractivity contribution >= 4 is 36.6 Å². The Bertz CT molecular complexity index is 160. The fourth-order valence-corrected chi connectivity index (χ4v) is 0. The highest BCUT2D eigenvalue weighted by Gasteiger charge is 1.18. The molecule has 0 atom stereocenters. The number of quaternary nitrogens is 15. The van der Waals surface area contributed by atoms with E-state index in [1.165, 1.54) is 0 Å². The maximum Gasteiger partial charge on any atom is 0.0634 e. The topological polar surface area (TPSA) is 886 Å². The first-order valence-corrected chi connectivity index (χ1v) is 14.1.